The summed E-state index contributed by atoms with van der Waals surface area (Å²) >= 11 is 0. The first-order chi connectivity index (χ1) is 9.13. The Hall–Kier alpha value is -2.37. The van der Waals surface area contributed by atoms with Gasteiger partial charge in [-0.25, -0.2) is 0 Å². The zero-order valence-electron chi connectivity index (χ0n) is 10.5. The van der Waals surface area contributed by atoms with Crippen LogP contribution >= 0.6 is 0 Å². The molecule has 0 aliphatic heterocycles. The number of carboxylic acid groups (broad SMARTS) is 1. The Morgan fingerprint density at radius 1 is 1.42 bits per heavy atom. The van der Waals surface area contributed by atoms with E-state index in [0.717, 1.165) is 10.9 Å². The van der Waals surface area contributed by atoms with Crippen LogP contribution in [0.4, 0.5) is 0 Å². The number of aromatic amines is 1. The fraction of sp³-hybridized carbons (Fsp3) is 0.308. The lowest BCUT2D eigenvalue weighted by atomic mass is 10.1. The third kappa shape index (κ3) is 2.73. The lowest BCUT2D eigenvalue weighted by molar-refractivity contribution is -0.141. The first kappa shape index (κ1) is 13.1. The minimum absolute atomic E-state index is 0.103. The number of amides is 1. The number of hydrogen-bond donors (Lipinski definition) is 3. The number of carboxylic acids is 1. The van der Waals surface area contributed by atoms with E-state index in [1.807, 2.05) is 18.2 Å². The van der Waals surface area contributed by atoms with Gasteiger partial charge in [0.05, 0.1) is 11.4 Å². The summed E-state index contributed by atoms with van der Waals surface area (Å²) in [6, 6.07) is 7.29. The third-order valence-corrected chi connectivity index (χ3v) is 3.04. The fourth-order valence-corrected chi connectivity index (χ4v) is 1.84. The highest BCUT2D eigenvalue weighted by atomic mass is 16.4. The van der Waals surface area contributed by atoms with Crippen molar-refractivity contribution >= 4 is 22.8 Å². The number of aliphatic carboxylic acids is 1. The van der Waals surface area contributed by atoms with Gasteiger partial charge in [0.15, 0.2) is 5.69 Å². The zero-order valence-corrected chi connectivity index (χ0v) is 10.5. The fourth-order valence-electron chi connectivity index (χ4n) is 1.84. The van der Waals surface area contributed by atoms with E-state index in [0.29, 0.717) is 6.42 Å². The number of hydrogen-bond acceptors (Lipinski definition) is 3. The van der Waals surface area contributed by atoms with Crippen LogP contribution < -0.4 is 5.32 Å². The van der Waals surface area contributed by atoms with Gasteiger partial charge in [0, 0.05) is 11.9 Å². The zero-order chi connectivity index (χ0) is 13.8. The molecule has 6 nitrogen and oxygen atoms in total. The van der Waals surface area contributed by atoms with Crippen molar-refractivity contribution in [2.45, 2.75) is 13.3 Å². The standard InChI is InChI=1S/C13H15N3O3/c1-2-8(13(18)19)7-14-12(17)11-9-5-3-4-6-10(9)15-16-11/h3-6,8H,2,7H2,1H3,(H,14,17)(H,15,16)(H,18,19). The number of carbonyl (C=O) groups is 2. The number of aromatic nitrogens is 2. The van der Waals surface area contributed by atoms with Crippen LogP contribution in [-0.2, 0) is 4.79 Å². The quantitative estimate of drug-likeness (QED) is 0.758. The summed E-state index contributed by atoms with van der Waals surface area (Å²) in [7, 11) is 0. The number of nitrogens with one attached hydrogen (secondary N) is 2. The van der Waals surface area contributed by atoms with E-state index < -0.39 is 11.9 Å². The molecule has 0 spiro atoms. The van der Waals surface area contributed by atoms with Gasteiger partial charge in [-0.2, -0.15) is 5.10 Å². The Balaban J connectivity index is 2.10. The van der Waals surface area contributed by atoms with Crippen molar-refractivity contribution < 1.29 is 14.7 Å². The van der Waals surface area contributed by atoms with Gasteiger partial charge in [0.1, 0.15) is 0 Å². The van der Waals surface area contributed by atoms with E-state index in [9.17, 15) is 9.59 Å². The van der Waals surface area contributed by atoms with Crippen molar-refractivity contribution in [3.8, 4) is 0 Å². The number of fused-ring (bicyclic) bond motifs is 1. The van der Waals surface area contributed by atoms with E-state index in [4.69, 9.17) is 5.11 Å². The molecule has 1 amide bonds. The second-order valence-electron chi connectivity index (χ2n) is 4.27. The number of para-hydroxylation sites is 1. The third-order valence-electron chi connectivity index (χ3n) is 3.04. The molecule has 0 saturated carbocycles. The van der Waals surface area contributed by atoms with E-state index in [-0.39, 0.29) is 18.1 Å². The van der Waals surface area contributed by atoms with E-state index in [2.05, 4.69) is 15.5 Å². The SMILES string of the molecule is CCC(CNC(=O)c1n[nH]c2ccccc12)C(=O)O. The molecule has 2 rings (SSSR count). The molecule has 1 atom stereocenters. The Labute approximate surface area is 109 Å². The summed E-state index contributed by atoms with van der Waals surface area (Å²) in [6.45, 7) is 1.88. The Morgan fingerprint density at radius 3 is 2.84 bits per heavy atom. The largest absolute Gasteiger partial charge is 0.481 e. The first-order valence-electron chi connectivity index (χ1n) is 6.07. The number of benzene rings is 1. The molecule has 6 heteroatoms. The molecule has 1 aromatic heterocycles. The highest BCUT2D eigenvalue weighted by molar-refractivity contribution is 6.04. The minimum Gasteiger partial charge on any atom is -0.481 e. The lowest BCUT2D eigenvalue weighted by Crippen LogP contribution is -2.32. The van der Waals surface area contributed by atoms with Crippen LogP contribution in [0.25, 0.3) is 10.9 Å². The van der Waals surface area contributed by atoms with Crippen molar-refractivity contribution in [2.75, 3.05) is 6.54 Å². The van der Waals surface area contributed by atoms with Crippen molar-refractivity contribution in [1.82, 2.24) is 15.5 Å². The van der Waals surface area contributed by atoms with Gasteiger partial charge in [0.2, 0.25) is 0 Å². The number of nitrogens with zero attached hydrogens (tertiary/aromatic N) is 1. The molecular formula is C13H15N3O3. The van der Waals surface area contributed by atoms with Gasteiger partial charge in [0.25, 0.3) is 5.91 Å². The van der Waals surface area contributed by atoms with Gasteiger partial charge in [-0.05, 0) is 12.5 Å². The smallest absolute Gasteiger partial charge is 0.308 e. The van der Waals surface area contributed by atoms with E-state index >= 15 is 0 Å². The Kier molecular flexibility index (Phi) is 3.79. The summed E-state index contributed by atoms with van der Waals surface area (Å²) in [5.74, 6) is -1.85. The number of rotatable bonds is 5. The monoisotopic (exact) mass is 261 g/mol. The van der Waals surface area contributed by atoms with Crippen LogP contribution in [0.15, 0.2) is 24.3 Å². The van der Waals surface area contributed by atoms with Gasteiger partial charge < -0.3 is 10.4 Å². The molecule has 1 unspecified atom stereocenters. The second kappa shape index (κ2) is 5.51. The molecule has 0 saturated heterocycles. The number of carbonyl (C=O) groups excluding carboxylic acids is 1. The van der Waals surface area contributed by atoms with Crippen LogP contribution in [0.3, 0.4) is 0 Å². The molecule has 1 aromatic carbocycles. The molecule has 3 N–H and O–H groups in total. The van der Waals surface area contributed by atoms with Crippen LogP contribution in [0.2, 0.25) is 0 Å². The second-order valence-corrected chi connectivity index (χ2v) is 4.27. The first-order valence-corrected chi connectivity index (χ1v) is 6.07. The molecule has 1 heterocycles. The predicted molar refractivity (Wildman–Crippen MR) is 69.8 cm³/mol. The Bertz CT molecular complexity index is 606. The van der Waals surface area contributed by atoms with Gasteiger partial charge in [-0.3, -0.25) is 14.7 Å². The highest BCUT2D eigenvalue weighted by Gasteiger charge is 2.18. The van der Waals surface area contributed by atoms with Crippen molar-refractivity contribution in [3.05, 3.63) is 30.0 Å². The molecular weight excluding hydrogens is 246 g/mol. The molecule has 100 valence electrons. The maximum Gasteiger partial charge on any atom is 0.308 e. The topological polar surface area (TPSA) is 95.1 Å². The number of H-pyrrole nitrogens is 1. The molecule has 0 fully saturated rings. The Morgan fingerprint density at radius 2 is 2.16 bits per heavy atom. The molecule has 2 aromatic rings. The van der Waals surface area contributed by atoms with Crippen LogP contribution in [0.1, 0.15) is 23.8 Å². The summed E-state index contributed by atoms with van der Waals surface area (Å²) < 4.78 is 0. The van der Waals surface area contributed by atoms with Crippen LogP contribution in [0, 0.1) is 5.92 Å². The average Bonchev–Trinajstić information content (AvgIpc) is 2.82. The van der Waals surface area contributed by atoms with E-state index in [1.54, 1.807) is 13.0 Å². The van der Waals surface area contributed by atoms with Gasteiger partial charge in [-0.15, -0.1) is 0 Å². The maximum atomic E-state index is 12.0. The molecule has 0 aliphatic rings. The van der Waals surface area contributed by atoms with Crippen molar-refractivity contribution in [3.63, 3.8) is 0 Å². The summed E-state index contributed by atoms with van der Waals surface area (Å²) in [6.07, 6.45) is 0.469. The average molecular weight is 261 g/mol. The molecule has 19 heavy (non-hydrogen) atoms. The maximum absolute atomic E-state index is 12.0. The van der Waals surface area contributed by atoms with E-state index in [1.165, 1.54) is 0 Å². The van der Waals surface area contributed by atoms with Crippen LogP contribution in [-0.4, -0.2) is 33.7 Å². The molecule has 0 aliphatic carbocycles. The van der Waals surface area contributed by atoms with Gasteiger partial charge >= 0.3 is 5.97 Å². The highest BCUT2D eigenvalue weighted by Crippen LogP contribution is 2.14. The normalized spacial score (nSPS) is 12.3. The minimum atomic E-state index is -0.908. The summed E-state index contributed by atoms with van der Waals surface area (Å²) in [4.78, 5) is 22.8. The predicted octanol–water partition coefficient (Wildman–Crippen LogP) is 1.40. The van der Waals surface area contributed by atoms with Crippen molar-refractivity contribution in [2.24, 2.45) is 5.92 Å². The van der Waals surface area contributed by atoms with Crippen molar-refractivity contribution in [1.29, 1.82) is 0 Å². The molecule has 0 bridgehead atoms. The van der Waals surface area contributed by atoms with Gasteiger partial charge in [-0.1, -0.05) is 25.1 Å². The van der Waals surface area contributed by atoms with Crippen LogP contribution in [0.5, 0.6) is 0 Å². The molecule has 0 radical (unpaired) electrons. The summed E-state index contributed by atoms with van der Waals surface area (Å²) in [5, 5.41) is 19.0. The summed E-state index contributed by atoms with van der Waals surface area (Å²) in [5.41, 5.74) is 1.06. The lowest BCUT2D eigenvalue weighted by Gasteiger charge is -2.10.